The maximum absolute atomic E-state index is 10.1. The second-order valence-corrected chi connectivity index (χ2v) is 7.40. The van der Waals surface area contributed by atoms with Crippen molar-refractivity contribution >= 4 is 0 Å². The standard InChI is InChI=1S/C16H30O/c1-11-8-9-13(10-11)16(3,4)14-6-5-7-15(17)12(14)2/h11-15,17H,5-10H2,1-4H3/t11-,12?,13-,14+,15?/m1/s1. The molecular weight excluding hydrogens is 208 g/mol. The second-order valence-electron chi connectivity index (χ2n) is 7.40. The van der Waals surface area contributed by atoms with Crippen LogP contribution in [0.1, 0.15) is 66.2 Å². The highest BCUT2D eigenvalue weighted by Gasteiger charge is 2.44. The van der Waals surface area contributed by atoms with Crippen molar-refractivity contribution in [3.05, 3.63) is 0 Å². The minimum absolute atomic E-state index is 0.0492. The third kappa shape index (κ3) is 2.54. The first-order valence-electron chi connectivity index (χ1n) is 7.61. The van der Waals surface area contributed by atoms with Gasteiger partial charge >= 0.3 is 0 Å². The van der Waals surface area contributed by atoms with Gasteiger partial charge in [-0.3, -0.25) is 0 Å². The Balaban J connectivity index is 2.08. The van der Waals surface area contributed by atoms with Crippen molar-refractivity contribution in [1.82, 2.24) is 0 Å². The lowest BCUT2D eigenvalue weighted by Gasteiger charge is -2.46. The van der Waals surface area contributed by atoms with E-state index in [1.807, 2.05) is 0 Å². The van der Waals surface area contributed by atoms with Crippen molar-refractivity contribution in [2.24, 2.45) is 29.1 Å². The normalized spacial score (nSPS) is 43.9. The second kappa shape index (κ2) is 4.91. The summed E-state index contributed by atoms with van der Waals surface area (Å²) in [6, 6.07) is 0. The van der Waals surface area contributed by atoms with E-state index in [-0.39, 0.29) is 6.10 Å². The third-order valence-electron chi connectivity index (χ3n) is 5.96. The summed E-state index contributed by atoms with van der Waals surface area (Å²) in [6.45, 7) is 9.60. The smallest absolute Gasteiger partial charge is 0.0568 e. The molecule has 2 fully saturated rings. The first-order chi connectivity index (χ1) is 7.93. The quantitative estimate of drug-likeness (QED) is 0.762. The Kier molecular flexibility index (Phi) is 3.87. The number of hydrogen-bond acceptors (Lipinski definition) is 1. The van der Waals surface area contributed by atoms with Crippen molar-refractivity contribution in [2.75, 3.05) is 0 Å². The zero-order valence-corrected chi connectivity index (χ0v) is 12.1. The maximum atomic E-state index is 10.1. The van der Waals surface area contributed by atoms with Crippen molar-refractivity contribution in [2.45, 2.75) is 72.3 Å². The summed E-state index contributed by atoms with van der Waals surface area (Å²) < 4.78 is 0. The third-order valence-corrected chi connectivity index (χ3v) is 5.96. The minimum atomic E-state index is -0.0492. The molecule has 0 aromatic carbocycles. The van der Waals surface area contributed by atoms with Crippen LogP contribution in [0, 0.1) is 29.1 Å². The summed E-state index contributed by atoms with van der Waals surface area (Å²) in [6.07, 6.45) is 7.76. The van der Waals surface area contributed by atoms with E-state index < -0.39 is 0 Å². The van der Waals surface area contributed by atoms with Gasteiger partial charge in [-0.1, -0.05) is 40.5 Å². The first kappa shape index (κ1) is 13.4. The van der Waals surface area contributed by atoms with Gasteiger partial charge in [0.25, 0.3) is 0 Å². The van der Waals surface area contributed by atoms with Gasteiger partial charge < -0.3 is 5.11 Å². The average molecular weight is 238 g/mol. The van der Waals surface area contributed by atoms with Crippen LogP contribution in [0.4, 0.5) is 0 Å². The molecule has 0 radical (unpaired) electrons. The lowest BCUT2D eigenvalue weighted by molar-refractivity contribution is -0.0287. The van der Waals surface area contributed by atoms with E-state index in [0.717, 1.165) is 24.2 Å². The van der Waals surface area contributed by atoms with Crippen LogP contribution in [0.25, 0.3) is 0 Å². The highest BCUT2D eigenvalue weighted by atomic mass is 16.3. The molecule has 2 rings (SSSR count). The Hall–Kier alpha value is -0.0400. The monoisotopic (exact) mass is 238 g/mol. The Labute approximate surface area is 107 Å². The highest BCUT2D eigenvalue weighted by molar-refractivity contribution is 4.94. The molecule has 5 atom stereocenters. The predicted molar refractivity (Wildman–Crippen MR) is 72.8 cm³/mol. The van der Waals surface area contributed by atoms with Crippen LogP contribution in [0.2, 0.25) is 0 Å². The van der Waals surface area contributed by atoms with Gasteiger partial charge in [-0.15, -0.1) is 0 Å². The SMILES string of the molecule is CC1C(O)CCC[C@@H]1C(C)(C)[C@@H]1CC[C@@H](C)C1. The Morgan fingerprint density at radius 2 is 1.71 bits per heavy atom. The van der Waals surface area contributed by atoms with Gasteiger partial charge in [0.1, 0.15) is 0 Å². The van der Waals surface area contributed by atoms with Crippen LogP contribution in [0.15, 0.2) is 0 Å². The Bertz CT molecular complexity index is 258. The van der Waals surface area contributed by atoms with Crippen LogP contribution < -0.4 is 0 Å². The summed E-state index contributed by atoms with van der Waals surface area (Å²) in [5, 5.41) is 10.1. The molecule has 2 aliphatic rings. The maximum Gasteiger partial charge on any atom is 0.0568 e. The van der Waals surface area contributed by atoms with E-state index in [4.69, 9.17) is 0 Å². The summed E-state index contributed by atoms with van der Waals surface area (Å²) >= 11 is 0. The van der Waals surface area contributed by atoms with Crippen molar-refractivity contribution in [1.29, 1.82) is 0 Å². The summed E-state index contributed by atoms with van der Waals surface area (Å²) in [4.78, 5) is 0. The summed E-state index contributed by atoms with van der Waals surface area (Å²) in [5.41, 5.74) is 0.422. The van der Waals surface area contributed by atoms with Crippen molar-refractivity contribution < 1.29 is 5.11 Å². The molecule has 0 heterocycles. The molecule has 100 valence electrons. The number of aliphatic hydroxyl groups excluding tert-OH is 1. The van der Waals surface area contributed by atoms with Crippen molar-refractivity contribution in [3.8, 4) is 0 Å². The van der Waals surface area contributed by atoms with Gasteiger partial charge in [0, 0.05) is 0 Å². The molecule has 0 saturated heterocycles. The molecule has 0 aromatic heterocycles. The fourth-order valence-electron chi connectivity index (χ4n) is 4.58. The van der Waals surface area contributed by atoms with Gasteiger partial charge in [-0.2, -0.15) is 0 Å². The molecule has 2 saturated carbocycles. The molecule has 17 heavy (non-hydrogen) atoms. The van der Waals surface area contributed by atoms with Gasteiger partial charge in [-0.05, 0) is 54.8 Å². The molecule has 0 aliphatic heterocycles. The Morgan fingerprint density at radius 1 is 1.00 bits per heavy atom. The lowest BCUT2D eigenvalue weighted by atomic mass is 9.59. The molecule has 2 unspecified atom stereocenters. The van der Waals surface area contributed by atoms with Gasteiger partial charge in [0.15, 0.2) is 0 Å². The van der Waals surface area contributed by atoms with Crippen LogP contribution >= 0.6 is 0 Å². The molecule has 0 spiro atoms. The van der Waals surface area contributed by atoms with Crippen LogP contribution in [0.3, 0.4) is 0 Å². The summed E-state index contributed by atoms with van der Waals surface area (Å²) in [7, 11) is 0. The minimum Gasteiger partial charge on any atom is -0.393 e. The summed E-state index contributed by atoms with van der Waals surface area (Å²) in [5.74, 6) is 3.02. The predicted octanol–water partition coefficient (Wildman–Crippen LogP) is 4.25. The molecular formula is C16H30O. The van der Waals surface area contributed by atoms with Crippen molar-refractivity contribution in [3.63, 3.8) is 0 Å². The van der Waals surface area contributed by atoms with E-state index in [0.29, 0.717) is 11.3 Å². The molecule has 0 aromatic rings. The molecule has 1 nitrogen and oxygen atoms in total. The molecule has 0 bridgehead atoms. The fraction of sp³-hybridized carbons (Fsp3) is 1.00. The zero-order chi connectivity index (χ0) is 12.6. The largest absolute Gasteiger partial charge is 0.393 e. The van der Waals surface area contributed by atoms with E-state index in [1.54, 1.807) is 0 Å². The van der Waals surface area contributed by atoms with E-state index in [9.17, 15) is 5.11 Å². The topological polar surface area (TPSA) is 20.2 Å². The van der Waals surface area contributed by atoms with Crippen LogP contribution in [0.5, 0.6) is 0 Å². The average Bonchev–Trinajstić information content (AvgIpc) is 2.69. The molecule has 1 N–H and O–H groups in total. The first-order valence-corrected chi connectivity index (χ1v) is 7.61. The van der Waals surface area contributed by atoms with E-state index in [1.165, 1.54) is 32.1 Å². The molecule has 2 aliphatic carbocycles. The number of rotatable bonds is 2. The van der Waals surface area contributed by atoms with Gasteiger partial charge in [0.2, 0.25) is 0 Å². The highest BCUT2D eigenvalue weighted by Crippen LogP contribution is 2.51. The van der Waals surface area contributed by atoms with Crippen LogP contribution in [-0.4, -0.2) is 11.2 Å². The molecule has 0 amide bonds. The number of hydrogen-bond donors (Lipinski definition) is 1. The lowest BCUT2D eigenvalue weighted by Crippen LogP contribution is -2.42. The molecule has 1 heteroatoms. The Morgan fingerprint density at radius 3 is 2.29 bits per heavy atom. The number of aliphatic hydroxyl groups is 1. The van der Waals surface area contributed by atoms with E-state index in [2.05, 4.69) is 27.7 Å². The van der Waals surface area contributed by atoms with Crippen LogP contribution in [-0.2, 0) is 0 Å². The fourth-order valence-corrected chi connectivity index (χ4v) is 4.58. The zero-order valence-electron chi connectivity index (χ0n) is 12.1. The van der Waals surface area contributed by atoms with Gasteiger partial charge in [0.05, 0.1) is 6.10 Å². The van der Waals surface area contributed by atoms with Gasteiger partial charge in [-0.25, -0.2) is 0 Å². The van der Waals surface area contributed by atoms with E-state index >= 15 is 0 Å².